The third kappa shape index (κ3) is 9.24. The number of benzene rings is 5. The highest BCUT2D eigenvalue weighted by molar-refractivity contribution is 7.43. The first-order valence-corrected chi connectivity index (χ1v) is 16.7. The summed E-state index contributed by atoms with van der Waals surface area (Å²) in [5, 5.41) is 11.8. The van der Waals surface area contributed by atoms with Crippen LogP contribution in [0, 0.1) is 17.0 Å². The standard InChI is InChI=1S/C35H27NO11P2/c1-25-10-2-6-14-31(25)43-49(46-34-17-9-5-13-28(34)23-39)47-35-20-30(36(40)41)19-18-29(35)24-42-48(44-32-15-7-3-11-26(32)21-37)45-33-16-8-4-12-27(33)22-38/h2-23H,24H2,1H3. The molecule has 0 radical (unpaired) electrons. The second-order valence-electron chi connectivity index (χ2n) is 9.96. The highest BCUT2D eigenvalue weighted by Crippen LogP contribution is 2.48. The number of rotatable bonds is 17. The molecule has 5 rings (SSSR count). The molecule has 0 amide bonds. The Hall–Kier alpha value is -5.67. The van der Waals surface area contributed by atoms with Crippen molar-refractivity contribution >= 4 is 41.8 Å². The van der Waals surface area contributed by atoms with Gasteiger partial charge in [0.1, 0.15) is 28.7 Å². The summed E-state index contributed by atoms with van der Waals surface area (Å²) in [6.07, 6.45) is 1.85. The van der Waals surface area contributed by atoms with Crippen LogP contribution in [0.25, 0.3) is 0 Å². The van der Waals surface area contributed by atoms with Crippen molar-refractivity contribution in [1.82, 2.24) is 0 Å². The van der Waals surface area contributed by atoms with Gasteiger partial charge in [0.15, 0.2) is 18.9 Å². The Morgan fingerprint density at radius 1 is 0.571 bits per heavy atom. The average Bonchev–Trinajstić information content (AvgIpc) is 3.12. The molecular weight excluding hydrogens is 672 g/mol. The topological polar surface area (TPSA) is 150 Å². The lowest BCUT2D eigenvalue weighted by atomic mass is 10.2. The van der Waals surface area contributed by atoms with Crippen LogP contribution in [-0.4, -0.2) is 23.8 Å². The fourth-order valence-corrected chi connectivity index (χ4v) is 6.33. The van der Waals surface area contributed by atoms with E-state index in [2.05, 4.69) is 0 Å². The molecule has 0 heterocycles. The molecule has 1 unspecified atom stereocenters. The summed E-state index contributed by atoms with van der Waals surface area (Å²) in [7, 11) is -4.69. The van der Waals surface area contributed by atoms with Crippen molar-refractivity contribution in [3.8, 4) is 28.7 Å². The number of para-hydroxylation sites is 4. The Balaban J connectivity index is 1.47. The van der Waals surface area contributed by atoms with Crippen LogP contribution in [0.3, 0.4) is 0 Å². The van der Waals surface area contributed by atoms with E-state index in [9.17, 15) is 24.5 Å². The number of hydrogen-bond acceptors (Lipinski definition) is 11. The average molecular weight is 700 g/mol. The van der Waals surface area contributed by atoms with E-state index < -0.39 is 22.1 Å². The summed E-state index contributed by atoms with van der Waals surface area (Å²) >= 11 is 0. The van der Waals surface area contributed by atoms with Gasteiger partial charge < -0.3 is 22.6 Å². The minimum atomic E-state index is -2.37. The van der Waals surface area contributed by atoms with E-state index in [-0.39, 0.29) is 52.0 Å². The number of aryl methyl sites for hydroxylation is 1. The summed E-state index contributed by atoms with van der Waals surface area (Å²) in [5.74, 6) is 0.922. The molecule has 0 saturated carbocycles. The van der Waals surface area contributed by atoms with Crippen LogP contribution in [0.1, 0.15) is 42.2 Å². The second kappa shape index (κ2) is 16.9. The van der Waals surface area contributed by atoms with Crippen molar-refractivity contribution < 1.29 is 46.4 Å². The Morgan fingerprint density at radius 3 is 1.49 bits per heavy atom. The molecule has 0 saturated heterocycles. The molecule has 14 heteroatoms. The first-order valence-electron chi connectivity index (χ1n) is 14.5. The summed E-state index contributed by atoms with van der Waals surface area (Å²) in [4.78, 5) is 46.3. The molecule has 0 N–H and O–H groups in total. The van der Waals surface area contributed by atoms with Crippen LogP contribution in [0.2, 0.25) is 0 Å². The maximum Gasteiger partial charge on any atom is 0.530 e. The fraction of sp³-hybridized carbons (Fsp3) is 0.0571. The molecule has 49 heavy (non-hydrogen) atoms. The number of nitro groups is 1. The highest BCUT2D eigenvalue weighted by atomic mass is 31.2. The number of nitrogens with zero attached hydrogens (tertiary/aromatic N) is 1. The van der Waals surface area contributed by atoms with Gasteiger partial charge in [0.2, 0.25) is 0 Å². The number of carbonyl (C=O) groups is 3. The van der Waals surface area contributed by atoms with Crippen LogP contribution in [0.4, 0.5) is 5.69 Å². The summed E-state index contributed by atoms with van der Waals surface area (Å²) in [5.41, 5.74) is 1.49. The molecule has 0 fully saturated rings. The molecule has 0 bridgehead atoms. The van der Waals surface area contributed by atoms with Crippen molar-refractivity contribution in [2.45, 2.75) is 13.5 Å². The number of hydrogen-bond donors (Lipinski definition) is 0. The fourth-order valence-electron chi connectivity index (χ4n) is 4.15. The van der Waals surface area contributed by atoms with Crippen LogP contribution < -0.4 is 22.6 Å². The van der Waals surface area contributed by atoms with Crippen LogP contribution in [0.5, 0.6) is 28.7 Å². The molecule has 5 aromatic rings. The first-order chi connectivity index (χ1) is 23.9. The van der Waals surface area contributed by atoms with E-state index in [1.54, 1.807) is 84.9 Å². The van der Waals surface area contributed by atoms with E-state index in [1.807, 2.05) is 19.1 Å². The Kier molecular flexibility index (Phi) is 12.0. The number of non-ortho nitro benzene ring substituents is 1. The molecule has 0 spiro atoms. The largest absolute Gasteiger partial charge is 0.530 e. The molecule has 0 aliphatic rings. The van der Waals surface area contributed by atoms with Crippen molar-refractivity contribution in [3.05, 3.63) is 153 Å². The van der Waals surface area contributed by atoms with Gasteiger partial charge in [0.05, 0.1) is 34.3 Å². The smallest absolute Gasteiger partial charge is 0.417 e. The zero-order chi connectivity index (χ0) is 34.6. The van der Waals surface area contributed by atoms with Gasteiger partial charge in [-0.15, -0.1) is 0 Å². The lowest BCUT2D eigenvalue weighted by molar-refractivity contribution is -0.384. The molecule has 1 atom stereocenters. The van der Waals surface area contributed by atoms with Crippen LogP contribution >= 0.6 is 17.2 Å². The van der Waals surface area contributed by atoms with Gasteiger partial charge in [-0.3, -0.25) is 29.0 Å². The van der Waals surface area contributed by atoms with Gasteiger partial charge in [-0.05, 0) is 61.0 Å². The van der Waals surface area contributed by atoms with Crippen molar-refractivity contribution in [2.24, 2.45) is 0 Å². The number of aldehydes is 3. The lowest BCUT2D eigenvalue weighted by Gasteiger charge is -2.22. The summed E-state index contributed by atoms with van der Waals surface area (Å²) in [6, 6.07) is 30.3. The zero-order valence-corrected chi connectivity index (χ0v) is 27.5. The molecule has 248 valence electrons. The Bertz CT molecular complexity index is 1900. The monoisotopic (exact) mass is 699 g/mol. The maximum absolute atomic E-state index is 11.8. The van der Waals surface area contributed by atoms with Crippen molar-refractivity contribution in [1.29, 1.82) is 0 Å². The first kappa shape index (κ1) is 34.7. The van der Waals surface area contributed by atoms with Gasteiger partial charge >= 0.3 is 17.2 Å². The van der Waals surface area contributed by atoms with E-state index in [0.29, 0.717) is 30.2 Å². The van der Waals surface area contributed by atoms with E-state index in [4.69, 9.17) is 27.1 Å². The second-order valence-corrected chi connectivity index (χ2v) is 12.0. The zero-order valence-electron chi connectivity index (χ0n) is 25.7. The molecule has 12 nitrogen and oxygen atoms in total. The van der Waals surface area contributed by atoms with Gasteiger partial charge in [0.25, 0.3) is 5.69 Å². The van der Waals surface area contributed by atoms with Gasteiger partial charge in [-0.2, -0.15) is 0 Å². The molecule has 0 aliphatic heterocycles. The minimum absolute atomic E-state index is 0.0194. The number of carbonyl (C=O) groups excluding carboxylic acids is 3. The van der Waals surface area contributed by atoms with Crippen LogP contribution in [-0.2, 0) is 11.1 Å². The van der Waals surface area contributed by atoms with E-state index >= 15 is 0 Å². The minimum Gasteiger partial charge on any atom is -0.417 e. The quantitative estimate of drug-likeness (QED) is 0.0396. The van der Waals surface area contributed by atoms with Crippen molar-refractivity contribution in [2.75, 3.05) is 0 Å². The van der Waals surface area contributed by atoms with E-state index in [1.165, 1.54) is 18.2 Å². The normalized spacial score (nSPS) is 11.2. The van der Waals surface area contributed by atoms with Crippen molar-refractivity contribution in [3.63, 3.8) is 0 Å². The van der Waals surface area contributed by atoms with E-state index in [0.717, 1.165) is 5.56 Å². The molecule has 5 aromatic carbocycles. The van der Waals surface area contributed by atoms with Gasteiger partial charge in [-0.1, -0.05) is 54.6 Å². The molecular formula is C35H27NO11P2. The summed E-state index contributed by atoms with van der Waals surface area (Å²) < 4.78 is 36.4. The molecule has 0 aliphatic carbocycles. The predicted octanol–water partition coefficient (Wildman–Crippen LogP) is 9.01. The van der Waals surface area contributed by atoms with Gasteiger partial charge in [-0.25, -0.2) is 0 Å². The predicted molar refractivity (Wildman–Crippen MR) is 182 cm³/mol. The third-order valence-corrected chi connectivity index (χ3v) is 8.75. The SMILES string of the molecule is Cc1ccccc1OP(Oc1ccccc1C=O)Oc1cc([N+](=O)[O-])ccc1COP(Oc1ccccc1C=O)Oc1ccccc1C=O. The third-order valence-electron chi connectivity index (χ3n) is 6.68. The molecule has 0 aromatic heterocycles. The van der Waals surface area contributed by atoms with Crippen LogP contribution in [0.15, 0.2) is 115 Å². The maximum atomic E-state index is 11.8. The van der Waals surface area contributed by atoms with Gasteiger partial charge in [0, 0.05) is 11.6 Å². The number of nitro benzene ring substituents is 1. The Labute approximate surface area is 283 Å². The highest BCUT2D eigenvalue weighted by Gasteiger charge is 2.27. The Morgan fingerprint density at radius 2 is 1.00 bits per heavy atom. The summed E-state index contributed by atoms with van der Waals surface area (Å²) in [6.45, 7) is 1.55. The lowest BCUT2D eigenvalue weighted by Crippen LogP contribution is -2.07.